The van der Waals surface area contributed by atoms with E-state index < -0.39 is 16.3 Å². The van der Waals surface area contributed by atoms with Gasteiger partial charge in [0.25, 0.3) is 23.0 Å². The molecule has 2 fully saturated rings. The number of fused-ring (bicyclic) bond motifs is 4. The van der Waals surface area contributed by atoms with Gasteiger partial charge in [0, 0.05) is 46.7 Å². The van der Waals surface area contributed by atoms with E-state index in [1.165, 1.54) is 81.6 Å². The number of carbonyl (C=O) groups is 1. The molecule has 1 amide bonds. The summed E-state index contributed by atoms with van der Waals surface area (Å²) in [6.45, 7) is 50.7. The number of amides is 1. The molecule has 0 spiro atoms. The van der Waals surface area contributed by atoms with Crippen molar-refractivity contribution in [2.24, 2.45) is 11.6 Å². The standard InChI is InChI=1S/C15H15N7O.C11H9N7O2.C11H17N5O2.C10H16N4O2.C9H13N5O.C6H3BrN2.C6H4N2O2.C5H9Br.C4H12N2.ClH.H2O4S/c1-15(2,3)22-13-11(12(17)19-8-20-13)14(21-22)23-10-6-9(7-16)4-5-18-10;12-8-7-10(16-4-15-8)17-18-11(7)20-6-3-5(9(13)19)1-2-14-6;1-11(2,3)16-9-7(8(12)13-6-14-9)10(15-16)18-5-4-17;1-10(2,3)14-8(11)7(12-4)9(13-14)16-6-5-15;1-9(2,3)14-7-5(8(15)13-14)6(10)11-4-12-7;7-6-3-5(4-8)1-2-9-6;1-7-5(8-2)6-9-3-4-10-6;6-5-3-1-2-4-5;1-4(2,3)6-5;;1-5(2,3)4/h4-6,8H,1-3H3,(H2,17,19,20);1-4H,(H2,13,19)(H3,12,15,16,17,18);6,17H,4-5H2,1-3H3,(H2,12,13,14);15H,5-6,11H2,1-3H3;4H,1-3H3,(H,13,15)(H2,10,11,12);1-3H;3-4H2;5H,1-4H2;6H,5H2,1-3H3;1H;(H2,1,2,3,4). The van der Waals surface area contributed by atoms with Crippen LogP contribution in [0.15, 0.2) is 101 Å². The maximum Gasteiger partial charge on any atom is 0.599 e. The topological polar surface area (TPSA) is 704 Å². The fraction of sp³-hybridized carbons (Fsp3) is 0.403. The Bertz CT molecular complexity index is 6150. The molecule has 1 aliphatic heterocycles. The first kappa shape index (κ1) is 107. The average Bonchev–Trinajstić information content (AvgIpc) is 1.61. The summed E-state index contributed by atoms with van der Waals surface area (Å²) in [6.07, 6.45) is 15.6. The van der Waals surface area contributed by atoms with Crippen molar-refractivity contribution in [2.45, 2.75) is 162 Å². The molecule has 0 atom stereocenters. The van der Waals surface area contributed by atoms with E-state index in [0.717, 1.165) is 4.83 Å². The average molecular weight is 1950 g/mol. The molecule has 12 aromatic heterocycles. The van der Waals surface area contributed by atoms with Crippen molar-refractivity contribution in [3.8, 4) is 47.4 Å². The van der Waals surface area contributed by atoms with Gasteiger partial charge in [-0.15, -0.1) is 42.5 Å². The molecular weight excluding hydrogens is 1850 g/mol. The first-order valence-electron chi connectivity index (χ1n) is 37.9. The lowest BCUT2D eigenvalue weighted by atomic mass is 10.1. The number of primary amides is 1. The van der Waals surface area contributed by atoms with Gasteiger partial charge < -0.3 is 73.0 Å². The number of nitrogens with zero attached hydrogens (tertiary/aromatic N) is 24. The zero-order chi connectivity index (χ0) is 95.8. The molecule has 21 N–H and O–H groups in total. The van der Waals surface area contributed by atoms with Crippen molar-refractivity contribution < 1.29 is 61.0 Å². The highest BCUT2D eigenvalue weighted by molar-refractivity contribution is 9.10. The van der Waals surface area contributed by atoms with Gasteiger partial charge in [-0.1, -0.05) is 28.8 Å². The Labute approximate surface area is 763 Å². The second kappa shape index (κ2) is 48.7. The van der Waals surface area contributed by atoms with Crippen molar-refractivity contribution in [3.63, 3.8) is 0 Å². The Hall–Kier alpha value is -13.9. The maximum absolute atomic E-state index is 11.6. The zero-order valence-corrected chi connectivity index (χ0v) is 77.7. The summed E-state index contributed by atoms with van der Waals surface area (Å²) in [5.74, 6) is 7.14. The number of halogens is 3. The van der Waals surface area contributed by atoms with Crippen LogP contribution in [-0.4, -0.2) is 188 Å². The van der Waals surface area contributed by atoms with Crippen molar-refractivity contribution in [3.05, 3.63) is 158 Å². The molecular formula is C77H101Br2ClN34O14S. The molecule has 52 heteroatoms. The monoisotopic (exact) mass is 1950 g/mol. The van der Waals surface area contributed by atoms with Crippen LogP contribution in [0.3, 0.4) is 0 Å². The second-order valence-electron chi connectivity index (χ2n) is 31.2. The molecule has 13 heterocycles. The van der Waals surface area contributed by atoms with Crippen molar-refractivity contribution in [2.75, 3.05) is 68.3 Å². The van der Waals surface area contributed by atoms with Gasteiger partial charge >= 0.3 is 22.2 Å². The number of H-pyrrole nitrogens is 2. The Morgan fingerprint density at radius 3 is 1.47 bits per heavy atom. The molecule has 14 rings (SSSR count). The number of anilines is 5. The van der Waals surface area contributed by atoms with Crippen LogP contribution in [0.1, 0.15) is 151 Å². The molecule has 0 aromatic carbocycles. The molecule has 12 aromatic rings. The summed E-state index contributed by atoms with van der Waals surface area (Å²) in [5, 5.41) is 59.0. The third-order valence-corrected chi connectivity index (χ3v) is 17.2. The Morgan fingerprint density at radius 1 is 0.612 bits per heavy atom. The van der Waals surface area contributed by atoms with Crippen molar-refractivity contribution in [1.29, 1.82) is 10.5 Å². The Kier molecular flexibility index (Phi) is 40.5. The van der Waals surface area contributed by atoms with Gasteiger partial charge in [0.1, 0.15) is 120 Å². The van der Waals surface area contributed by atoms with Crippen LogP contribution in [-0.2, 0) is 42.0 Å². The van der Waals surface area contributed by atoms with Crippen LogP contribution in [0.4, 0.5) is 34.8 Å². The van der Waals surface area contributed by atoms with E-state index in [1.807, 2.05) is 116 Å². The number of nitrogens with one attached hydrogen (secondary N) is 3. The van der Waals surface area contributed by atoms with Gasteiger partial charge in [-0.2, -0.15) is 18.9 Å². The number of aromatic nitrogens is 21. The predicted molar refractivity (Wildman–Crippen MR) is 487 cm³/mol. The highest BCUT2D eigenvalue weighted by atomic mass is 79.9. The summed E-state index contributed by atoms with van der Waals surface area (Å²) < 4.78 is 70.4. The molecule has 0 bridgehead atoms. The zero-order valence-electron chi connectivity index (χ0n) is 72.9. The molecule has 0 radical (unpaired) electrons. The highest BCUT2D eigenvalue weighted by Gasteiger charge is 2.29. The molecule has 129 heavy (non-hydrogen) atoms. The van der Waals surface area contributed by atoms with E-state index in [1.54, 1.807) is 43.1 Å². The van der Waals surface area contributed by atoms with Gasteiger partial charge in [-0.25, -0.2) is 69.0 Å². The number of alkyl halides is 1. The van der Waals surface area contributed by atoms with E-state index in [2.05, 4.69) is 137 Å². The molecule has 1 saturated carbocycles. The first-order valence-corrected chi connectivity index (χ1v) is 41.0. The van der Waals surface area contributed by atoms with E-state index in [-0.39, 0.29) is 148 Å². The smallest absolute Gasteiger partial charge is 0.483 e. The molecule has 2 aliphatic rings. The summed E-state index contributed by atoms with van der Waals surface area (Å²) in [5.41, 5.74) is 39.2. The van der Waals surface area contributed by atoms with Crippen LogP contribution in [0.2, 0.25) is 0 Å². The number of ether oxygens (including phenoxy) is 6. The van der Waals surface area contributed by atoms with Crippen LogP contribution in [0, 0.1) is 42.4 Å². The number of carbonyl (C=O) groups excluding carboxylic acids is 1. The molecule has 1 saturated heterocycles. The number of aliphatic hydroxyl groups excluding tert-OH is 2. The number of hydrazine groups is 1. The van der Waals surface area contributed by atoms with Gasteiger partial charge in [0.2, 0.25) is 29.4 Å². The van der Waals surface area contributed by atoms with Crippen molar-refractivity contribution in [1.82, 2.24) is 110 Å². The van der Waals surface area contributed by atoms with E-state index >= 15 is 0 Å². The second-order valence-corrected chi connectivity index (χ2v) is 34.2. The third-order valence-electron chi connectivity index (χ3n) is 15.8. The number of pyridine rings is 3. The van der Waals surface area contributed by atoms with Crippen molar-refractivity contribution >= 4 is 139 Å². The number of hydrogen-bond donors (Lipinski definition) is 14. The van der Waals surface area contributed by atoms with Gasteiger partial charge in [0.05, 0.1) is 65.2 Å². The van der Waals surface area contributed by atoms with Crippen LogP contribution in [0.25, 0.3) is 58.7 Å². The lowest BCUT2D eigenvalue weighted by Crippen LogP contribution is -2.41. The predicted octanol–water partition coefficient (Wildman–Crippen LogP) is 9.63. The molecule has 1 aliphatic carbocycles. The minimum atomic E-state index is -4.67. The van der Waals surface area contributed by atoms with Gasteiger partial charge in [0.15, 0.2) is 22.6 Å². The van der Waals surface area contributed by atoms with Crippen LogP contribution >= 0.6 is 44.3 Å². The lowest BCUT2D eigenvalue weighted by Gasteiger charge is -2.20. The number of rotatable bonds is 11. The normalized spacial score (nSPS) is 12.1. The Morgan fingerprint density at radius 2 is 1.04 bits per heavy atom. The minimum Gasteiger partial charge on any atom is -0.483 e. The van der Waals surface area contributed by atoms with E-state index in [4.69, 9.17) is 127 Å². The van der Waals surface area contributed by atoms with E-state index in [9.17, 15) is 9.59 Å². The van der Waals surface area contributed by atoms with Gasteiger partial charge in [-0.3, -0.25) is 49.5 Å². The number of nitrogen functional groups attached to an aromatic ring is 5. The van der Waals surface area contributed by atoms with E-state index in [0.29, 0.717) is 84.8 Å². The maximum atomic E-state index is 11.6. The minimum absolute atomic E-state index is 0. The summed E-state index contributed by atoms with van der Waals surface area (Å²) in [4.78, 5) is 76.7. The number of nitriles is 2. The number of nitrogens with two attached hydrogens (primary N) is 7. The molecule has 48 nitrogen and oxygen atoms in total. The summed E-state index contributed by atoms with van der Waals surface area (Å²) >= 11 is 6.68. The quantitative estimate of drug-likeness (QED) is 0.0143. The summed E-state index contributed by atoms with van der Waals surface area (Å²) in [6, 6.07) is 13.4. The third kappa shape index (κ3) is 33.1. The Balaban J connectivity index is 0.000000309. The molecule has 0 unspecified atom stereocenters. The van der Waals surface area contributed by atoms with Crippen LogP contribution in [0.5, 0.6) is 35.3 Å². The largest absolute Gasteiger partial charge is 0.599 e. The first-order chi connectivity index (χ1) is 60.0. The lowest BCUT2D eigenvalue weighted by molar-refractivity contribution is 0.0999. The van der Waals surface area contributed by atoms with Gasteiger partial charge in [-0.05, 0) is 157 Å². The summed E-state index contributed by atoms with van der Waals surface area (Å²) in [7, 11) is -4.67. The fourth-order valence-electron chi connectivity index (χ4n) is 10.1. The highest BCUT2D eigenvalue weighted by Crippen LogP contribution is 2.38. The molecule has 690 valence electrons. The fourth-order valence-corrected chi connectivity index (χ4v) is 11.1. The number of aromatic amines is 2. The number of aliphatic hydroxyl groups is 2. The number of hydrogen-bond acceptors (Lipinski definition) is 36. The SMILES string of the molecule is BrC1CCCC1.CC(C)(C)NN.CC(C)(C)n1[nH]c(=O)c2c(N)ncnc21.CC(C)(C)n1nc(OCCO)c2c(N)ncnc21.CC(C)(C)n1nc(Oc2cc(C#N)ccn2)c2c(N)ncnc21.Cl.N#Cc1ccnc(Br)c1.NC(=O)c1ccnc(Oc2n[nH]c3ncnc(N)c23)c1.O=S(=O)(O)O.[C-]#[N+]C([N+]#[C-])=C1OCCO1.[C-]#[N+]c1c(OCCO)nn(C(C)(C)C)c1N. The van der Waals surface area contributed by atoms with Crippen LogP contribution < -0.4 is 70.2 Å².